The Morgan fingerprint density at radius 2 is 2.00 bits per heavy atom. The van der Waals surface area contributed by atoms with E-state index in [0.29, 0.717) is 24.5 Å². The van der Waals surface area contributed by atoms with Gasteiger partial charge in [0.25, 0.3) is 5.91 Å². The van der Waals surface area contributed by atoms with Gasteiger partial charge in [-0.15, -0.1) is 0 Å². The van der Waals surface area contributed by atoms with Crippen molar-refractivity contribution < 1.29 is 14.3 Å². The molecule has 130 valence electrons. The molecule has 0 aliphatic carbocycles. The van der Waals surface area contributed by atoms with Crippen LogP contribution in [0.3, 0.4) is 0 Å². The summed E-state index contributed by atoms with van der Waals surface area (Å²) in [6, 6.07) is 13.2. The molecule has 5 nitrogen and oxygen atoms in total. The van der Waals surface area contributed by atoms with E-state index in [-0.39, 0.29) is 18.4 Å². The van der Waals surface area contributed by atoms with E-state index in [1.165, 1.54) is 0 Å². The van der Waals surface area contributed by atoms with Gasteiger partial charge in [0.05, 0.1) is 0 Å². The van der Waals surface area contributed by atoms with E-state index in [2.05, 4.69) is 24.5 Å². The SMILES string of the molecule is CC(C)c1ccccc1NC(=O)COc1ccc2c(c1)CCC(=O)N2. The number of benzene rings is 2. The number of nitrogens with one attached hydrogen (secondary N) is 2. The standard InChI is InChI=1S/C20H22N2O3/c1-13(2)16-5-3-4-6-18(16)22-20(24)12-25-15-8-9-17-14(11-15)7-10-19(23)21-17/h3-6,8-9,11,13H,7,10,12H2,1-2H3,(H,21,23)(H,22,24). The molecule has 0 saturated heterocycles. The molecule has 0 unspecified atom stereocenters. The van der Waals surface area contributed by atoms with Gasteiger partial charge in [-0.25, -0.2) is 0 Å². The van der Waals surface area contributed by atoms with Gasteiger partial charge in [0.15, 0.2) is 6.61 Å². The Balaban J connectivity index is 1.61. The molecular formula is C20H22N2O3. The molecule has 1 heterocycles. The molecule has 0 radical (unpaired) electrons. The van der Waals surface area contributed by atoms with Crippen molar-refractivity contribution in [2.24, 2.45) is 0 Å². The van der Waals surface area contributed by atoms with Crippen LogP contribution >= 0.6 is 0 Å². The maximum absolute atomic E-state index is 12.2. The Hall–Kier alpha value is -2.82. The number of carbonyl (C=O) groups is 2. The number of aryl methyl sites for hydroxylation is 1. The molecule has 0 bridgehead atoms. The molecule has 5 heteroatoms. The highest BCUT2D eigenvalue weighted by atomic mass is 16.5. The number of ether oxygens (including phenoxy) is 1. The Kier molecular flexibility index (Phi) is 5.03. The van der Waals surface area contributed by atoms with Crippen LogP contribution in [0.5, 0.6) is 5.75 Å². The summed E-state index contributed by atoms with van der Waals surface area (Å²) in [5.74, 6) is 0.791. The zero-order chi connectivity index (χ0) is 17.8. The molecule has 2 aromatic rings. The second-order valence-electron chi connectivity index (χ2n) is 6.45. The van der Waals surface area contributed by atoms with E-state index in [0.717, 1.165) is 22.5 Å². The van der Waals surface area contributed by atoms with Crippen LogP contribution in [0.25, 0.3) is 0 Å². The molecule has 25 heavy (non-hydrogen) atoms. The molecule has 0 saturated carbocycles. The molecule has 0 spiro atoms. The Labute approximate surface area is 147 Å². The van der Waals surface area contributed by atoms with Gasteiger partial charge in [-0.05, 0) is 47.7 Å². The predicted molar refractivity (Wildman–Crippen MR) is 98.0 cm³/mol. The highest BCUT2D eigenvalue weighted by molar-refractivity contribution is 5.94. The lowest BCUT2D eigenvalue weighted by molar-refractivity contribution is -0.118. The predicted octanol–water partition coefficient (Wildman–Crippen LogP) is 3.71. The minimum Gasteiger partial charge on any atom is -0.484 e. The molecule has 2 N–H and O–H groups in total. The zero-order valence-corrected chi connectivity index (χ0v) is 14.5. The van der Waals surface area contributed by atoms with Crippen molar-refractivity contribution in [1.29, 1.82) is 0 Å². The minimum absolute atomic E-state index is 0.0318. The van der Waals surface area contributed by atoms with Gasteiger partial charge in [-0.3, -0.25) is 9.59 Å². The van der Waals surface area contributed by atoms with Gasteiger partial charge in [0.1, 0.15) is 5.75 Å². The van der Waals surface area contributed by atoms with Crippen LogP contribution in [-0.2, 0) is 16.0 Å². The molecule has 3 rings (SSSR count). The first-order valence-corrected chi connectivity index (χ1v) is 8.47. The quantitative estimate of drug-likeness (QED) is 0.873. The molecule has 0 aromatic heterocycles. The number of rotatable bonds is 5. The lowest BCUT2D eigenvalue weighted by Crippen LogP contribution is -2.21. The average molecular weight is 338 g/mol. The third-order valence-corrected chi connectivity index (χ3v) is 4.20. The fourth-order valence-corrected chi connectivity index (χ4v) is 2.90. The molecule has 1 aliphatic heterocycles. The molecule has 0 atom stereocenters. The molecular weight excluding hydrogens is 316 g/mol. The van der Waals surface area contributed by atoms with Gasteiger partial charge in [-0.1, -0.05) is 32.0 Å². The number of hydrogen-bond donors (Lipinski definition) is 2. The Morgan fingerprint density at radius 3 is 2.80 bits per heavy atom. The summed E-state index contributed by atoms with van der Waals surface area (Å²) in [6.45, 7) is 4.12. The second kappa shape index (κ2) is 7.38. The van der Waals surface area contributed by atoms with E-state index in [1.54, 1.807) is 6.07 Å². The maximum atomic E-state index is 12.2. The monoisotopic (exact) mass is 338 g/mol. The summed E-state index contributed by atoms with van der Waals surface area (Å²) in [6.07, 6.45) is 1.16. The van der Waals surface area contributed by atoms with Crippen LogP contribution in [0, 0.1) is 0 Å². The number of anilines is 2. The number of carbonyl (C=O) groups excluding carboxylic acids is 2. The van der Waals surface area contributed by atoms with Crippen LogP contribution in [0.1, 0.15) is 37.3 Å². The highest BCUT2D eigenvalue weighted by Crippen LogP contribution is 2.27. The van der Waals surface area contributed by atoms with E-state index in [4.69, 9.17) is 4.74 Å². The van der Waals surface area contributed by atoms with Crippen molar-refractivity contribution in [2.75, 3.05) is 17.2 Å². The zero-order valence-electron chi connectivity index (χ0n) is 14.5. The molecule has 1 aliphatic rings. The number of hydrogen-bond acceptors (Lipinski definition) is 3. The fraction of sp³-hybridized carbons (Fsp3) is 0.300. The third kappa shape index (κ3) is 4.18. The normalized spacial score (nSPS) is 13.2. The maximum Gasteiger partial charge on any atom is 0.262 e. The van der Waals surface area contributed by atoms with Crippen LogP contribution in [0.2, 0.25) is 0 Å². The third-order valence-electron chi connectivity index (χ3n) is 4.20. The number of amides is 2. The summed E-state index contributed by atoms with van der Waals surface area (Å²) in [4.78, 5) is 23.6. The summed E-state index contributed by atoms with van der Waals surface area (Å²) in [5, 5.41) is 5.74. The van der Waals surface area contributed by atoms with E-state index in [9.17, 15) is 9.59 Å². The largest absolute Gasteiger partial charge is 0.484 e. The molecule has 2 aromatic carbocycles. The number of para-hydroxylation sites is 1. The first-order chi connectivity index (χ1) is 12.0. The minimum atomic E-state index is -0.195. The van der Waals surface area contributed by atoms with Gasteiger partial charge in [0.2, 0.25) is 5.91 Å². The fourth-order valence-electron chi connectivity index (χ4n) is 2.90. The first-order valence-electron chi connectivity index (χ1n) is 8.47. The number of fused-ring (bicyclic) bond motifs is 1. The second-order valence-corrected chi connectivity index (χ2v) is 6.45. The summed E-state index contributed by atoms with van der Waals surface area (Å²) in [5.41, 5.74) is 3.76. The topological polar surface area (TPSA) is 67.4 Å². The van der Waals surface area contributed by atoms with E-state index >= 15 is 0 Å². The lowest BCUT2D eigenvalue weighted by Gasteiger charge is -2.18. The van der Waals surface area contributed by atoms with Crippen molar-refractivity contribution in [3.8, 4) is 5.75 Å². The van der Waals surface area contributed by atoms with Crippen LogP contribution < -0.4 is 15.4 Å². The van der Waals surface area contributed by atoms with Gasteiger partial charge in [-0.2, -0.15) is 0 Å². The van der Waals surface area contributed by atoms with Crippen molar-refractivity contribution in [3.63, 3.8) is 0 Å². The molecule has 0 fully saturated rings. The van der Waals surface area contributed by atoms with Crippen molar-refractivity contribution in [1.82, 2.24) is 0 Å². The smallest absolute Gasteiger partial charge is 0.262 e. The Bertz CT molecular complexity index is 799. The van der Waals surface area contributed by atoms with Gasteiger partial charge in [0, 0.05) is 17.8 Å². The van der Waals surface area contributed by atoms with E-state index in [1.807, 2.05) is 36.4 Å². The average Bonchev–Trinajstić information content (AvgIpc) is 2.60. The van der Waals surface area contributed by atoms with Crippen LogP contribution in [0.15, 0.2) is 42.5 Å². The summed E-state index contributed by atoms with van der Waals surface area (Å²) < 4.78 is 5.61. The summed E-state index contributed by atoms with van der Waals surface area (Å²) in [7, 11) is 0. The van der Waals surface area contributed by atoms with Gasteiger partial charge < -0.3 is 15.4 Å². The van der Waals surface area contributed by atoms with Crippen LogP contribution in [-0.4, -0.2) is 18.4 Å². The van der Waals surface area contributed by atoms with E-state index < -0.39 is 0 Å². The first kappa shape index (κ1) is 17.0. The summed E-state index contributed by atoms with van der Waals surface area (Å²) >= 11 is 0. The highest BCUT2D eigenvalue weighted by Gasteiger charge is 2.15. The van der Waals surface area contributed by atoms with Crippen molar-refractivity contribution >= 4 is 23.2 Å². The van der Waals surface area contributed by atoms with Crippen molar-refractivity contribution in [2.45, 2.75) is 32.6 Å². The Morgan fingerprint density at radius 1 is 1.20 bits per heavy atom. The van der Waals surface area contributed by atoms with Crippen molar-refractivity contribution in [3.05, 3.63) is 53.6 Å². The van der Waals surface area contributed by atoms with Crippen LogP contribution in [0.4, 0.5) is 11.4 Å². The molecule has 2 amide bonds. The lowest BCUT2D eigenvalue weighted by atomic mass is 10.0. The van der Waals surface area contributed by atoms with Gasteiger partial charge >= 0.3 is 0 Å².